The van der Waals surface area contributed by atoms with Crippen molar-refractivity contribution < 1.29 is 23.1 Å². The zero-order valence-electron chi connectivity index (χ0n) is 22.5. The maximum absolute atomic E-state index is 14.0. The van der Waals surface area contributed by atoms with Crippen LogP contribution in [0.4, 0.5) is 14.5 Å². The summed E-state index contributed by atoms with van der Waals surface area (Å²) < 4.78 is 32.8. The van der Waals surface area contributed by atoms with Crippen molar-refractivity contribution in [1.82, 2.24) is 20.1 Å². The van der Waals surface area contributed by atoms with Gasteiger partial charge in [0.2, 0.25) is 5.91 Å². The number of rotatable bonds is 10. The van der Waals surface area contributed by atoms with E-state index >= 15 is 0 Å². The second kappa shape index (κ2) is 12.9. The van der Waals surface area contributed by atoms with Crippen molar-refractivity contribution in [3.63, 3.8) is 0 Å². The van der Waals surface area contributed by atoms with Crippen LogP contribution in [0.25, 0.3) is 11.1 Å². The number of aromatic nitrogens is 3. The molecule has 2 amide bonds. The average molecular weight is 568 g/mol. The molecular formula is C32H27F2N5O3. The van der Waals surface area contributed by atoms with Crippen LogP contribution in [-0.4, -0.2) is 39.7 Å². The molecule has 0 saturated carbocycles. The standard InChI is InChI=1S/C32H27F2N5O3/c1-42-27-20-35-18-16-25(27)21-12-14-24(15-13-21)37-31(41)29(38-30(40)26-17-19-36-39(26)32(33)34)28(22-8-4-2-5-9-22)23-10-6-3-7-11-23/h2-20,28-29,32H,1H3,(H,37,41)(H,38,40). The van der Waals surface area contributed by atoms with E-state index in [-0.39, 0.29) is 5.69 Å². The smallest absolute Gasteiger partial charge is 0.333 e. The van der Waals surface area contributed by atoms with Crippen LogP contribution in [0.2, 0.25) is 0 Å². The van der Waals surface area contributed by atoms with Gasteiger partial charge < -0.3 is 15.4 Å². The molecule has 0 spiro atoms. The van der Waals surface area contributed by atoms with Gasteiger partial charge in [-0.3, -0.25) is 14.6 Å². The summed E-state index contributed by atoms with van der Waals surface area (Å²) in [7, 11) is 1.56. The maximum atomic E-state index is 14.0. The number of amides is 2. The number of nitrogens with one attached hydrogen (secondary N) is 2. The Kier molecular flexibility index (Phi) is 8.62. The van der Waals surface area contributed by atoms with E-state index in [1.807, 2.05) is 78.9 Å². The number of carbonyl (C=O) groups is 2. The summed E-state index contributed by atoms with van der Waals surface area (Å²) in [4.78, 5) is 31.4. The topological polar surface area (TPSA) is 98.1 Å². The van der Waals surface area contributed by atoms with E-state index in [2.05, 4.69) is 20.7 Å². The number of methoxy groups -OCH3 is 1. The van der Waals surface area contributed by atoms with Crippen LogP contribution in [0, 0.1) is 0 Å². The highest BCUT2D eigenvalue weighted by Crippen LogP contribution is 2.31. The molecule has 42 heavy (non-hydrogen) atoms. The third kappa shape index (κ3) is 6.17. The van der Waals surface area contributed by atoms with Gasteiger partial charge in [0, 0.05) is 29.6 Å². The molecule has 1 unspecified atom stereocenters. The van der Waals surface area contributed by atoms with Crippen LogP contribution in [0.5, 0.6) is 5.75 Å². The molecule has 0 fully saturated rings. The molecule has 0 radical (unpaired) electrons. The number of halogens is 2. The van der Waals surface area contributed by atoms with Gasteiger partial charge >= 0.3 is 6.55 Å². The lowest BCUT2D eigenvalue weighted by atomic mass is 9.84. The highest BCUT2D eigenvalue weighted by atomic mass is 19.3. The van der Waals surface area contributed by atoms with Crippen molar-refractivity contribution in [2.75, 3.05) is 12.4 Å². The number of hydrogen-bond donors (Lipinski definition) is 2. The fourth-order valence-corrected chi connectivity index (χ4v) is 4.80. The van der Waals surface area contributed by atoms with Gasteiger partial charge in [-0.15, -0.1) is 0 Å². The zero-order valence-corrected chi connectivity index (χ0v) is 22.5. The van der Waals surface area contributed by atoms with Gasteiger partial charge in [0.15, 0.2) is 0 Å². The lowest BCUT2D eigenvalue weighted by molar-refractivity contribution is -0.118. The normalized spacial score (nSPS) is 11.7. The lowest BCUT2D eigenvalue weighted by Gasteiger charge is -2.28. The van der Waals surface area contributed by atoms with E-state index in [0.29, 0.717) is 16.1 Å². The number of carbonyl (C=O) groups excluding carboxylic acids is 2. The molecule has 1 atom stereocenters. The summed E-state index contributed by atoms with van der Waals surface area (Å²) in [6.45, 7) is -3.02. The van der Waals surface area contributed by atoms with E-state index < -0.39 is 30.3 Å². The molecule has 0 aliphatic heterocycles. The SMILES string of the molecule is COc1cnccc1-c1ccc(NC(=O)C(NC(=O)c2ccnn2C(F)F)C(c2ccccc2)c2ccccc2)cc1. The zero-order chi connectivity index (χ0) is 29.5. The Morgan fingerprint density at radius 2 is 1.48 bits per heavy atom. The van der Waals surface area contributed by atoms with Gasteiger partial charge in [-0.2, -0.15) is 18.6 Å². The van der Waals surface area contributed by atoms with Gasteiger partial charge in [0.1, 0.15) is 17.5 Å². The number of hydrogen-bond acceptors (Lipinski definition) is 5. The van der Waals surface area contributed by atoms with Gasteiger partial charge in [0.05, 0.1) is 13.3 Å². The average Bonchev–Trinajstić information content (AvgIpc) is 3.53. The predicted octanol–water partition coefficient (Wildman–Crippen LogP) is 5.92. The van der Waals surface area contributed by atoms with Crippen molar-refractivity contribution in [2.24, 2.45) is 0 Å². The summed E-state index contributed by atoms with van der Waals surface area (Å²) in [5.41, 5.74) is 3.31. The van der Waals surface area contributed by atoms with Gasteiger partial charge in [0.25, 0.3) is 5.91 Å². The molecule has 0 aliphatic rings. The van der Waals surface area contributed by atoms with Gasteiger partial charge in [-0.25, -0.2) is 0 Å². The molecule has 0 saturated heterocycles. The number of anilines is 1. The fourth-order valence-electron chi connectivity index (χ4n) is 4.80. The highest BCUT2D eigenvalue weighted by molar-refractivity contribution is 6.01. The summed E-state index contributed by atoms with van der Waals surface area (Å²) in [6, 6.07) is 27.4. The summed E-state index contributed by atoms with van der Waals surface area (Å²) in [5, 5.41) is 9.16. The first-order valence-corrected chi connectivity index (χ1v) is 13.1. The Morgan fingerprint density at radius 3 is 2.07 bits per heavy atom. The summed E-state index contributed by atoms with van der Waals surface area (Å²) in [5.74, 6) is -1.42. The molecule has 5 aromatic rings. The Labute approximate surface area is 241 Å². The van der Waals surface area contributed by atoms with E-state index in [9.17, 15) is 18.4 Å². The first-order chi connectivity index (χ1) is 20.5. The summed E-state index contributed by atoms with van der Waals surface area (Å²) >= 11 is 0. The molecular weight excluding hydrogens is 540 g/mol. The van der Waals surface area contributed by atoms with E-state index in [0.717, 1.165) is 28.5 Å². The molecule has 2 heterocycles. The van der Waals surface area contributed by atoms with Crippen LogP contribution >= 0.6 is 0 Å². The first-order valence-electron chi connectivity index (χ1n) is 13.1. The number of nitrogens with zero attached hydrogens (tertiary/aromatic N) is 3. The predicted molar refractivity (Wildman–Crippen MR) is 154 cm³/mol. The molecule has 8 nitrogen and oxygen atoms in total. The lowest BCUT2D eigenvalue weighted by Crippen LogP contribution is -2.48. The fraction of sp³-hybridized carbons (Fsp3) is 0.125. The molecule has 5 rings (SSSR count). The van der Waals surface area contributed by atoms with Crippen LogP contribution < -0.4 is 15.4 Å². The van der Waals surface area contributed by atoms with Crippen molar-refractivity contribution >= 4 is 17.5 Å². The van der Waals surface area contributed by atoms with Crippen molar-refractivity contribution in [2.45, 2.75) is 18.5 Å². The van der Waals surface area contributed by atoms with E-state index in [1.165, 1.54) is 6.07 Å². The van der Waals surface area contributed by atoms with Crippen LogP contribution in [0.1, 0.15) is 34.1 Å². The second-order valence-corrected chi connectivity index (χ2v) is 9.33. The molecule has 2 aromatic heterocycles. The monoisotopic (exact) mass is 567 g/mol. The van der Waals surface area contributed by atoms with Crippen LogP contribution in [0.15, 0.2) is 116 Å². The molecule has 212 valence electrons. The Balaban J connectivity index is 1.49. The third-order valence-electron chi connectivity index (χ3n) is 6.78. The Hall–Kier alpha value is -5.38. The molecule has 0 aliphatic carbocycles. The minimum Gasteiger partial charge on any atom is -0.494 e. The largest absolute Gasteiger partial charge is 0.494 e. The second-order valence-electron chi connectivity index (χ2n) is 9.33. The third-order valence-corrected chi connectivity index (χ3v) is 6.78. The quantitative estimate of drug-likeness (QED) is 0.218. The van der Waals surface area contributed by atoms with Crippen molar-refractivity contribution in [1.29, 1.82) is 0 Å². The number of benzene rings is 3. The molecule has 3 aromatic carbocycles. The summed E-state index contributed by atoms with van der Waals surface area (Å²) in [6.07, 6.45) is 4.39. The van der Waals surface area contributed by atoms with Crippen molar-refractivity contribution in [3.05, 3.63) is 132 Å². The van der Waals surface area contributed by atoms with Crippen LogP contribution in [-0.2, 0) is 4.79 Å². The molecule has 0 bridgehead atoms. The molecule has 2 N–H and O–H groups in total. The Morgan fingerprint density at radius 1 is 0.833 bits per heavy atom. The minimum atomic E-state index is -3.02. The number of alkyl halides is 2. The maximum Gasteiger partial charge on any atom is 0.333 e. The van der Waals surface area contributed by atoms with E-state index in [1.54, 1.807) is 31.6 Å². The Bertz CT molecular complexity index is 1600. The van der Waals surface area contributed by atoms with E-state index in [4.69, 9.17) is 4.74 Å². The van der Waals surface area contributed by atoms with Gasteiger partial charge in [-0.1, -0.05) is 72.8 Å². The molecule has 10 heteroatoms. The minimum absolute atomic E-state index is 0.316. The van der Waals surface area contributed by atoms with Gasteiger partial charge in [-0.05, 0) is 41.0 Å². The van der Waals surface area contributed by atoms with Crippen molar-refractivity contribution in [3.8, 4) is 16.9 Å². The number of pyridine rings is 1. The number of ether oxygens (including phenoxy) is 1. The first kappa shape index (κ1) is 28.2. The highest BCUT2D eigenvalue weighted by Gasteiger charge is 2.34. The van der Waals surface area contributed by atoms with Crippen LogP contribution in [0.3, 0.4) is 0 Å².